The number of hydrogen-bond acceptors (Lipinski definition) is 8. The van der Waals surface area contributed by atoms with Gasteiger partial charge in [0.15, 0.2) is 0 Å². The summed E-state index contributed by atoms with van der Waals surface area (Å²) >= 11 is 0. The molecule has 0 aliphatic carbocycles. The molecule has 33 heavy (non-hydrogen) atoms. The molecule has 1 saturated heterocycles. The van der Waals surface area contributed by atoms with Crippen molar-refractivity contribution in [3.05, 3.63) is 30.4 Å². The monoisotopic (exact) mass is 469 g/mol. The number of rotatable bonds is 6. The summed E-state index contributed by atoms with van der Waals surface area (Å²) in [6, 6.07) is 1.08. The summed E-state index contributed by atoms with van der Waals surface area (Å²) in [5, 5.41) is 12.4. The first-order valence-electron chi connectivity index (χ1n) is 10.3. The number of anilines is 3. The van der Waals surface area contributed by atoms with Crippen LogP contribution in [0.25, 0.3) is 11.0 Å². The first-order chi connectivity index (χ1) is 15.7. The van der Waals surface area contributed by atoms with Gasteiger partial charge in [-0.05, 0) is 19.4 Å². The number of imidazole rings is 1. The number of alkyl halides is 4. The van der Waals surface area contributed by atoms with Crippen molar-refractivity contribution >= 4 is 28.6 Å². The van der Waals surface area contributed by atoms with E-state index in [2.05, 4.69) is 25.3 Å². The summed E-state index contributed by atoms with van der Waals surface area (Å²) in [6.07, 6.45) is -2.86. The maximum Gasteiger partial charge on any atom is 0.408 e. The molecule has 3 atom stereocenters. The molecule has 0 amide bonds. The van der Waals surface area contributed by atoms with Crippen LogP contribution < -0.4 is 10.2 Å². The normalized spacial score (nSPS) is 20.3. The molecule has 1 aliphatic rings. The lowest BCUT2D eigenvalue weighted by molar-refractivity contribution is -0.162. The van der Waals surface area contributed by atoms with Gasteiger partial charge in [0, 0.05) is 25.9 Å². The van der Waals surface area contributed by atoms with E-state index in [1.165, 1.54) is 25.6 Å². The van der Waals surface area contributed by atoms with Crippen LogP contribution in [0.2, 0.25) is 0 Å². The Balaban J connectivity index is 1.60. The Hall–Kier alpha value is -3.06. The molecule has 4 rings (SSSR count). The largest absolute Gasteiger partial charge is 0.408 e. The van der Waals surface area contributed by atoms with E-state index < -0.39 is 31.1 Å². The van der Waals surface area contributed by atoms with Crippen molar-refractivity contribution in [2.45, 2.75) is 44.4 Å². The zero-order valence-electron chi connectivity index (χ0n) is 17.9. The summed E-state index contributed by atoms with van der Waals surface area (Å²) in [4.78, 5) is 18.5. The molecule has 178 valence electrons. The zero-order chi connectivity index (χ0) is 23.8. The van der Waals surface area contributed by atoms with Crippen LogP contribution in [-0.4, -0.2) is 68.3 Å². The molecule has 4 heterocycles. The van der Waals surface area contributed by atoms with Gasteiger partial charge < -0.3 is 24.6 Å². The van der Waals surface area contributed by atoms with Gasteiger partial charge in [-0.25, -0.2) is 19.3 Å². The summed E-state index contributed by atoms with van der Waals surface area (Å²) in [6.45, 7) is 0.952. The third kappa shape index (κ3) is 4.69. The number of fused-ring (bicyclic) bond motifs is 1. The number of aliphatic hydroxyl groups is 1. The molecule has 0 saturated carbocycles. The van der Waals surface area contributed by atoms with E-state index >= 15 is 0 Å². The Kier molecular flexibility index (Phi) is 6.34. The smallest absolute Gasteiger partial charge is 0.388 e. The zero-order valence-corrected chi connectivity index (χ0v) is 17.9. The summed E-state index contributed by atoms with van der Waals surface area (Å²) in [5.41, 5.74) is 0.386. The van der Waals surface area contributed by atoms with Crippen LogP contribution in [0.15, 0.2) is 24.5 Å². The fraction of sp³-hybridized carbons (Fsp3) is 0.500. The first-order valence-corrected chi connectivity index (χ1v) is 10.3. The number of halogens is 4. The number of ether oxygens (including phenoxy) is 1. The van der Waals surface area contributed by atoms with Gasteiger partial charge in [-0.15, -0.1) is 0 Å². The Morgan fingerprint density at radius 2 is 2.06 bits per heavy atom. The highest BCUT2D eigenvalue weighted by Crippen LogP contribution is 2.34. The van der Waals surface area contributed by atoms with Crippen molar-refractivity contribution in [2.24, 2.45) is 0 Å². The van der Waals surface area contributed by atoms with Crippen molar-refractivity contribution in [1.82, 2.24) is 24.5 Å². The Bertz CT molecular complexity index is 1120. The molecular weight excluding hydrogens is 446 g/mol. The quantitative estimate of drug-likeness (QED) is 0.531. The number of pyridine rings is 1. The second-order valence-electron chi connectivity index (χ2n) is 7.72. The SMILES string of the molecule is COC1CCN(c2nccc(Nc3cc4c(cn3)nc(CO)n4[C@H](C)C(F)(F)F)n2)CC1F. The van der Waals surface area contributed by atoms with Crippen molar-refractivity contribution in [2.75, 3.05) is 30.4 Å². The van der Waals surface area contributed by atoms with E-state index in [1.54, 1.807) is 11.0 Å². The molecule has 0 bridgehead atoms. The van der Waals surface area contributed by atoms with Crippen molar-refractivity contribution in [3.63, 3.8) is 0 Å². The van der Waals surface area contributed by atoms with Crippen LogP contribution in [0.3, 0.4) is 0 Å². The molecular formula is C20H23F4N7O2. The second-order valence-corrected chi connectivity index (χ2v) is 7.72. The number of hydrogen-bond donors (Lipinski definition) is 2. The first kappa shape index (κ1) is 23.1. The third-order valence-corrected chi connectivity index (χ3v) is 5.62. The van der Waals surface area contributed by atoms with Gasteiger partial charge in [0.25, 0.3) is 0 Å². The van der Waals surface area contributed by atoms with Crippen LogP contribution in [0.5, 0.6) is 0 Å². The van der Waals surface area contributed by atoms with E-state index in [-0.39, 0.29) is 29.2 Å². The molecule has 3 aromatic heterocycles. The van der Waals surface area contributed by atoms with Gasteiger partial charge in [0.05, 0.1) is 24.4 Å². The Labute approximate surface area is 186 Å². The summed E-state index contributed by atoms with van der Waals surface area (Å²) in [5.74, 6) is 0.775. The van der Waals surface area contributed by atoms with Gasteiger partial charge in [-0.2, -0.15) is 18.2 Å². The molecule has 0 spiro atoms. The van der Waals surface area contributed by atoms with Gasteiger partial charge in [-0.3, -0.25) is 0 Å². The molecule has 0 radical (unpaired) electrons. The fourth-order valence-electron chi connectivity index (χ4n) is 3.84. The average Bonchev–Trinajstić information content (AvgIpc) is 3.15. The third-order valence-electron chi connectivity index (χ3n) is 5.62. The lowest BCUT2D eigenvalue weighted by Crippen LogP contribution is -2.46. The van der Waals surface area contributed by atoms with Crippen LogP contribution in [0, 0.1) is 0 Å². The van der Waals surface area contributed by atoms with Crippen molar-refractivity contribution in [1.29, 1.82) is 0 Å². The minimum Gasteiger partial charge on any atom is -0.388 e. The van der Waals surface area contributed by atoms with E-state index in [1.807, 2.05) is 0 Å². The molecule has 13 heteroatoms. The maximum atomic E-state index is 14.2. The lowest BCUT2D eigenvalue weighted by atomic mass is 10.1. The highest BCUT2D eigenvalue weighted by atomic mass is 19.4. The van der Waals surface area contributed by atoms with Gasteiger partial charge in [0.1, 0.15) is 41.8 Å². The molecule has 2 unspecified atom stereocenters. The minimum atomic E-state index is -4.53. The van der Waals surface area contributed by atoms with Gasteiger partial charge >= 0.3 is 6.18 Å². The second kappa shape index (κ2) is 9.06. The highest BCUT2D eigenvalue weighted by Gasteiger charge is 2.39. The Morgan fingerprint density at radius 1 is 1.27 bits per heavy atom. The molecule has 9 nitrogen and oxygen atoms in total. The molecule has 2 N–H and O–H groups in total. The van der Waals surface area contributed by atoms with Crippen LogP contribution >= 0.6 is 0 Å². The summed E-state index contributed by atoms with van der Waals surface area (Å²) < 4.78 is 60.5. The van der Waals surface area contributed by atoms with E-state index in [9.17, 15) is 22.7 Å². The maximum absolute atomic E-state index is 14.2. The van der Waals surface area contributed by atoms with Crippen molar-refractivity contribution in [3.8, 4) is 0 Å². The number of aromatic nitrogens is 5. The van der Waals surface area contributed by atoms with E-state index in [0.717, 1.165) is 11.5 Å². The van der Waals surface area contributed by atoms with E-state index in [0.29, 0.717) is 24.7 Å². The Morgan fingerprint density at radius 3 is 2.73 bits per heavy atom. The number of nitrogens with one attached hydrogen (secondary N) is 1. The topological polar surface area (TPSA) is 101 Å². The number of nitrogens with zero attached hydrogens (tertiary/aromatic N) is 6. The highest BCUT2D eigenvalue weighted by molar-refractivity contribution is 5.79. The lowest BCUT2D eigenvalue weighted by Gasteiger charge is -2.33. The predicted octanol–water partition coefficient (Wildman–Crippen LogP) is 3.14. The molecule has 0 aromatic carbocycles. The van der Waals surface area contributed by atoms with E-state index in [4.69, 9.17) is 4.74 Å². The standard InChI is InChI=1S/C20H23F4N7O2/c1-11(20(22,23)24)31-14-7-17(26-8-13(14)27-18(31)10-32)28-16-3-5-25-19(29-16)30-6-4-15(33-2)12(21)9-30/h3,5,7-8,11-12,15,32H,4,6,9-10H2,1-2H3,(H,25,26,28,29)/t11-,12?,15?/m1/s1. The van der Waals surface area contributed by atoms with Gasteiger partial charge in [-0.1, -0.05) is 0 Å². The van der Waals surface area contributed by atoms with Crippen molar-refractivity contribution < 1.29 is 27.4 Å². The fourth-order valence-corrected chi connectivity index (χ4v) is 3.84. The summed E-state index contributed by atoms with van der Waals surface area (Å²) in [7, 11) is 1.47. The number of aliphatic hydroxyl groups excluding tert-OH is 1. The molecule has 1 aliphatic heterocycles. The molecule has 1 fully saturated rings. The number of piperidine rings is 1. The van der Waals surface area contributed by atoms with Crippen LogP contribution in [0.1, 0.15) is 25.2 Å². The molecule has 3 aromatic rings. The van der Waals surface area contributed by atoms with Crippen LogP contribution in [0.4, 0.5) is 35.1 Å². The van der Waals surface area contributed by atoms with Crippen LogP contribution in [-0.2, 0) is 11.3 Å². The number of methoxy groups -OCH3 is 1. The minimum absolute atomic E-state index is 0.0879. The predicted molar refractivity (Wildman–Crippen MR) is 112 cm³/mol. The van der Waals surface area contributed by atoms with Gasteiger partial charge in [0.2, 0.25) is 5.95 Å². The average molecular weight is 469 g/mol.